The van der Waals surface area contributed by atoms with Crippen LogP contribution >= 0.6 is 0 Å². The van der Waals surface area contributed by atoms with Crippen molar-refractivity contribution < 1.29 is 13.9 Å². The number of rotatable bonds is 9. The second kappa shape index (κ2) is 9.47. The number of carbonyl (C=O) groups is 1. The van der Waals surface area contributed by atoms with Crippen molar-refractivity contribution in [3.63, 3.8) is 0 Å². The summed E-state index contributed by atoms with van der Waals surface area (Å²) in [5.74, 6) is -0.408. The predicted molar refractivity (Wildman–Crippen MR) is 72.0 cm³/mol. The lowest BCUT2D eigenvalue weighted by molar-refractivity contribution is -0.126. The number of hydrogen-bond donors (Lipinski definition) is 2. The second-order valence-electron chi connectivity index (χ2n) is 4.32. The summed E-state index contributed by atoms with van der Waals surface area (Å²) in [5, 5.41) is 2.77. The zero-order valence-corrected chi connectivity index (χ0v) is 11.0. The molecule has 1 amide bonds. The van der Waals surface area contributed by atoms with E-state index < -0.39 is 0 Å². The predicted octanol–water partition coefficient (Wildman–Crippen LogP) is 1.59. The first-order chi connectivity index (χ1) is 9.22. The fraction of sp³-hybridized carbons (Fsp3) is 0.500. The molecule has 0 unspecified atom stereocenters. The molecule has 0 saturated heterocycles. The molecule has 3 N–H and O–H groups in total. The molecule has 1 rings (SSSR count). The molecule has 0 saturated carbocycles. The van der Waals surface area contributed by atoms with Gasteiger partial charge in [-0.2, -0.15) is 0 Å². The molecule has 19 heavy (non-hydrogen) atoms. The average Bonchev–Trinajstić information content (AvgIpc) is 2.41. The van der Waals surface area contributed by atoms with Gasteiger partial charge in [-0.3, -0.25) is 4.79 Å². The van der Waals surface area contributed by atoms with Crippen molar-refractivity contribution >= 4 is 5.91 Å². The van der Waals surface area contributed by atoms with E-state index in [4.69, 9.17) is 10.5 Å². The molecule has 1 aromatic carbocycles. The van der Waals surface area contributed by atoms with Gasteiger partial charge in [0, 0.05) is 6.54 Å². The number of carbonyl (C=O) groups excluding carboxylic acids is 1. The number of nitrogens with one attached hydrogen (secondary N) is 1. The minimum atomic E-state index is -0.279. The molecular weight excluding hydrogens is 247 g/mol. The average molecular weight is 268 g/mol. The Morgan fingerprint density at radius 1 is 1.21 bits per heavy atom. The molecule has 1 aromatic rings. The van der Waals surface area contributed by atoms with Crippen LogP contribution in [0, 0.1) is 5.82 Å². The van der Waals surface area contributed by atoms with Crippen LogP contribution in [0.3, 0.4) is 0 Å². The van der Waals surface area contributed by atoms with Gasteiger partial charge in [0.25, 0.3) is 0 Å². The van der Waals surface area contributed by atoms with E-state index in [1.54, 1.807) is 12.1 Å². The number of ether oxygens (including phenoxy) is 1. The van der Waals surface area contributed by atoms with Gasteiger partial charge < -0.3 is 15.8 Å². The van der Waals surface area contributed by atoms with E-state index in [9.17, 15) is 9.18 Å². The highest BCUT2D eigenvalue weighted by atomic mass is 19.1. The first-order valence-electron chi connectivity index (χ1n) is 6.51. The third-order valence-corrected chi connectivity index (χ3v) is 2.62. The number of halogens is 1. The fourth-order valence-electron chi connectivity index (χ4n) is 1.57. The van der Waals surface area contributed by atoms with E-state index in [2.05, 4.69) is 5.32 Å². The quantitative estimate of drug-likeness (QED) is 0.668. The molecule has 0 fully saturated rings. The molecule has 0 aliphatic carbocycles. The molecule has 0 radical (unpaired) electrons. The fourth-order valence-corrected chi connectivity index (χ4v) is 1.57. The summed E-state index contributed by atoms with van der Waals surface area (Å²) >= 11 is 0. The minimum Gasteiger partial charge on any atom is -0.367 e. The maximum absolute atomic E-state index is 12.7. The van der Waals surface area contributed by atoms with Gasteiger partial charge in [0.15, 0.2) is 0 Å². The Bertz CT molecular complexity index is 368. The monoisotopic (exact) mass is 268 g/mol. The van der Waals surface area contributed by atoms with Gasteiger partial charge in [0.05, 0.1) is 6.61 Å². The minimum absolute atomic E-state index is 0.0221. The maximum atomic E-state index is 12.7. The van der Waals surface area contributed by atoms with Crippen LogP contribution in [0.15, 0.2) is 24.3 Å². The zero-order chi connectivity index (χ0) is 13.9. The highest BCUT2D eigenvalue weighted by molar-refractivity contribution is 5.77. The summed E-state index contributed by atoms with van der Waals surface area (Å²) < 4.78 is 17.9. The van der Waals surface area contributed by atoms with E-state index >= 15 is 0 Å². The Morgan fingerprint density at radius 3 is 2.63 bits per heavy atom. The summed E-state index contributed by atoms with van der Waals surface area (Å²) in [4.78, 5) is 11.4. The van der Waals surface area contributed by atoms with Crippen LogP contribution in [0.2, 0.25) is 0 Å². The summed E-state index contributed by atoms with van der Waals surface area (Å²) in [6.45, 7) is 1.67. The number of benzene rings is 1. The van der Waals surface area contributed by atoms with Gasteiger partial charge in [0.1, 0.15) is 12.4 Å². The van der Waals surface area contributed by atoms with Crippen molar-refractivity contribution in [2.24, 2.45) is 5.73 Å². The van der Waals surface area contributed by atoms with Gasteiger partial charge in [-0.1, -0.05) is 18.6 Å². The molecule has 0 spiro atoms. The molecule has 4 nitrogen and oxygen atoms in total. The highest BCUT2D eigenvalue weighted by Crippen LogP contribution is 2.03. The molecule has 0 aliphatic heterocycles. The molecular formula is C14H21FN2O2. The summed E-state index contributed by atoms with van der Waals surface area (Å²) in [7, 11) is 0. The molecule has 0 aliphatic rings. The Morgan fingerprint density at radius 2 is 1.95 bits per heavy atom. The molecule has 0 heterocycles. The standard InChI is InChI=1S/C14H21FN2O2/c15-13-6-4-12(5-7-13)10-19-11-14(18)17-9-3-1-2-8-16/h4-7H,1-3,8-11,16H2,(H,17,18). The third kappa shape index (κ3) is 7.54. The van der Waals surface area contributed by atoms with Crippen molar-refractivity contribution in [1.82, 2.24) is 5.32 Å². The van der Waals surface area contributed by atoms with E-state index in [1.165, 1.54) is 12.1 Å². The largest absolute Gasteiger partial charge is 0.367 e. The van der Waals surface area contributed by atoms with Gasteiger partial charge in [0.2, 0.25) is 5.91 Å². The molecule has 0 atom stereocenters. The van der Waals surface area contributed by atoms with Crippen LogP contribution in [0.1, 0.15) is 24.8 Å². The maximum Gasteiger partial charge on any atom is 0.246 e. The lowest BCUT2D eigenvalue weighted by Crippen LogP contribution is -2.28. The Balaban J connectivity index is 2.05. The van der Waals surface area contributed by atoms with Crippen LogP contribution in [0.25, 0.3) is 0 Å². The summed E-state index contributed by atoms with van der Waals surface area (Å²) in [5.41, 5.74) is 6.21. The molecule has 5 heteroatoms. The van der Waals surface area contributed by atoms with E-state index in [1.807, 2.05) is 0 Å². The van der Waals surface area contributed by atoms with Crippen molar-refractivity contribution in [3.05, 3.63) is 35.6 Å². The van der Waals surface area contributed by atoms with Gasteiger partial charge in [-0.05, 0) is 37.1 Å². The van der Waals surface area contributed by atoms with Crippen LogP contribution in [0.5, 0.6) is 0 Å². The smallest absolute Gasteiger partial charge is 0.246 e. The van der Waals surface area contributed by atoms with Gasteiger partial charge >= 0.3 is 0 Å². The first kappa shape index (κ1) is 15.6. The SMILES string of the molecule is NCCCCCNC(=O)COCc1ccc(F)cc1. The second-order valence-corrected chi connectivity index (χ2v) is 4.32. The normalized spacial score (nSPS) is 10.4. The lowest BCUT2D eigenvalue weighted by Gasteiger charge is -2.06. The number of amides is 1. The van der Waals surface area contributed by atoms with Crippen molar-refractivity contribution in [3.8, 4) is 0 Å². The summed E-state index contributed by atoms with van der Waals surface area (Å²) in [6.07, 6.45) is 2.94. The van der Waals surface area contributed by atoms with Crippen molar-refractivity contribution in [1.29, 1.82) is 0 Å². The lowest BCUT2D eigenvalue weighted by atomic mass is 10.2. The molecule has 0 bridgehead atoms. The first-order valence-corrected chi connectivity index (χ1v) is 6.51. The van der Waals surface area contributed by atoms with Crippen LogP contribution in [-0.4, -0.2) is 25.6 Å². The number of hydrogen-bond acceptors (Lipinski definition) is 3. The van der Waals surface area contributed by atoms with Crippen molar-refractivity contribution in [2.75, 3.05) is 19.7 Å². The topological polar surface area (TPSA) is 64.3 Å². The molecule has 0 aromatic heterocycles. The number of unbranched alkanes of at least 4 members (excludes halogenated alkanes) is 2. The Hall–Kier alpha value is -1.46. The molecule has 106 valence electrons. The van der Waals surface area contributed by atoms with Crippen LogP contribution in [-0.2, 0) is 16.1 Å². The van der Waals surface area contributed by atoms with Crippen LogP contribution in [0.4, 0.5) is 4.39 Å². The zero-order valence-electron chi connectivity index (χ0n) is 11.0. The van der Waals surface area contributed by atoms with E-state index in [-0.39, 0.29) is 18.3 Å². The van der Waals surface area contributed by atoms with Crippen molar-refractivity contribution in [2.45, 2.75) is 25.9 Å². The van der Waals surface area contributed by atoms with Crippen LogP contribution < -0.4 is 11.1 Å². The highest BCUT2D eigenvalue weighted by Gasteiger charge is 2.01. The number of nitrogens with two attached hydrogens (primary N) is 1. The Kier molecular flexibility index (Phi) is 7.77. The van der Waals surface area contributed by atoms with Gasteiger partial charge in [-0.15, -0.1) is 0 Å². The van der Waals surface area contributed by atoms with E-state index in [0.29, 0.717) is 19.7 Å². The Labute approximate surface area is 113 Å². The summed E-state index contributed by atoms with van der Waals surface area (Å²) in [6, 6.07) is 6.02. The third-order valence-electron chi connectivity index (χ3n) is 2.62. The van der Waals surface area contributed by atoms with Gasteiger partial charge in [-0.25, -0.2) is 4.39 Å². The van der Waals surface area contributed by atoms with E-state index in [0.717, 1.165) is 24.8 Å².